The van der Waals surface area contributed by atoms with Crippen LogP contribution in [0.3, 0.4) is 0 Å². The van der Waals surface area contributed by atoms with Crippen LogP contribution in [0.4, 0.5) is 0 Å². The average molecular weight is 256 g/mol. The summed E-state index contributed by atoms with van der Waals surface area (Å²) in [5.41, 5.74) is 0.996. The maximum absolute atomic E-state index is 10.8. The van der Waals surface area contributed by atoms with E-state index in [4.69, 9.17) is 5.11 Å². The highest BCUT2D eigenvalue weighted by molar-refractivity contribution is 7.14. The Balaban J connectivity index is 2.36. The number of amides is 1. The molecule has 6 heteroatoms. The van der Waals surface area contributed by atoms with Gasteiger partial charge in [-0.05, 0) is 18.6 Å². The second-order valence-corrected chi connectivity index (χ2v) is 4.91. The van der Waals surface area contributed by atoms with Crippen molar-refractivity contribution >= 4 is 23.2 Å². The number of carbonyl (C=O) groups is 2. The Bertz CT molecular complexity index is 415. The minimum absolute atomic E-state index is 0.0494. The molecule has 3 N–H and O–H groups in total. The number of hydrogen-bond acceptors (Lipinski definition) is 4. The third-order valence-electron chi connectivity index (χ3n) is 2.22. The van der Waals surface area contributed by atoms with Gasteiger partial charge in [0.1, 0.15) is 4.88 Å². The van der Waals surface area contributed by atoms with Crippen LogP contribution in [-0.2, 0) is 11.3 Å². The molecule has 1 aromatic heterocycles. The minimum Gasteiger partial charge on any atom is -0.477 e. The zero-order valence-electron chi connectivity index (χ0n) is 9.87. The van der Waals surface area contributed by atoms with Gasteiger partial charge in [-0.2, -0.15) is 0 Å². The van der Waals surface area contributed by atoms with E-state index in [0.717, 1.165) is 10.4 Å². The molecule has 0 aliphatic heterocycles. The smallest absolute Gasteiger partial charge is 0.345 e. The highest BCUT2D eigenvalue weighted by atomic mass is 32.1. The van der Waals surface area contributed by atoms with Crippen LogP contribution in [0.1, 0.15) is 27.0 Å². The first-order valence-electron chi connectivity index (χ1n) is 5.28. The topological polar surface area (TPSA) is 78.4 Å². The number of nitrogens with one attached hydrogen (secondary N) is 2. The van der Waals surface area contributed by atoms with Crippen molar-refractivity contribution in [1.82, 2.24) is 10.6 Å². The van der Waals surface area contributed by atoms with E-state index in [9.17, 15) is 9.59 Å². The van der Waals surface area contributed by atoms with Crippen molar-refractivity contribution in [3.63, 3.8) is 0 Å². The normalized spacial score (nSPS) is 10.2. The van der Waals surface area contributed by atoms with Gasteiger partial charge in [0.25, 0.3) is 0 Å². The minimum atomic E-state index is -0.886. The van der Waals surface area contributed by atoms with E-state index in [1.807, 2.05) is 6.92 Å². The Labute approximate surface area is 104 Å². The predicted molar refractivity (Wildman–Crippen MR) is 66.4 cm³/mol. The summed E-state index contributed by atoms with van der Waals surface area (Å²) in [4.78, 5) is 22.7. The highest BCUT2D eigenvalue weighted by Crippen LogP contribution is 2.21. The molecule has 0 unspecified atom stereocenters. The van der Waals surface area contributed by atoms with Crippen LogP contribution in [0.5, 0.6) is 0 Å². The number of carboxylic acids is 1. The fraction of sp³-hybridized carbons (Fsp3) is 0.455. The molecular weight excluding hydrogens is 240 g/mol. The molecule has 1 aromatic rings. The number of carboxylic acid groups (broad SMARTS) is 1. The Hall–Kier alpha value is -1.40. The van der Waals surface area contributed by atoms with Crippen molar-refractivity contribution in [3.05, 3.63) is 21.4 Å². The molecular formula is C11H16N2O3S. The summed E-state index contributed by atoms with van der Waals surface area (Å²) < 4.78 is 0. The largest absolute Gasteiger partial charge is 0.477 e. The molecule has 0 fully saturated rings. The van der Waals surface area contributed by atoms with Gasteiger partial charge in [0.15, 0.2) is 0 Å². The molecule has 0 bridgehead atoms. The zero-order valence-corrected chi connectivity index (χ0v) is 10.7. The molecule has 5 nitrogen and oxygen atoms in total. The van der Waals surface area contributed by atoms with Gasteiger partial charge in [-0.1, -0.05) is 0 Å². The summed E-state index contributed by atoms with van der Waals surface area (Å²) in [6, 6.07) is 1.69. The van der Waals surface area contributed by atoms with E-state index in [-0.39, 0.29) is 5.91 Å². The molecule has 94 valence electrons. The summed E-state index contributed by atoms with van der Waals surface area (Å²) in [5, 5.41) is 14.7. The van der Waals surface area contributed by atoms with E-state index in [1.54, 1.807) is 6.07 Å². The number of aromatic carboxylic acids is 1. The van der Waals surface area contributed by atoms with Crippen LogP contribution in [0.15, 0.2) is 6.07 Å². The van der Waals surface area contributed by atoms with Crippen molar-refractivity contribution in [2.75, 3.05) is 13.1 Å². The molecule has 0 aliphatic rings. The first-order valence-corrected chi connectivity index (χ1v) is 6.10. The molecule has 0 saturated carbocycles. The van der Waals surface area contributed by atoms with Crippen molar-refractivity contribution < 1.29 is 14.7 Å². The fourth-order valence-corrected chi connectivity index (χ4v) is 2.23. The van der Waals surface area contributed by atoms with Gasteiger partial charge >= 0.3 is 5.97 Å². The highest BCUT2D eigenvalue weighted by Gasteiger charge is 2.10. The van der Waals surface area contributed by atoms with Crippen molar-refractivity contribution in [2.24, 2.45) is 0 Å². The van der Waals surface area contributed by atoms with E-state index in [0.29, 0.717) is 24.5 Å². The van der Waals surface area contributed by atoms with E-state index in [1.165, 1.54) is 18.3 Å². The SMILES string of the molecule is CC(=O)NCCNCc1cc(C(=O)O)sc1C. The second kappa shape index (κ2) is 6.36. The van der Waals surface area contributed by atoms with Gasteiger partial charge < -0.3 is 15.7 Å². The summed E-state index contributed by atoms with van der Waals surface area (Å²) in [6.07, 6.45) is 0. The fourth-order valence-electron chi connectivity index (χ4n) is 1.35. The van der Waals surface area contributed by atoms with Crippen LogP contribution in [0.2, 0.25) is 0 Å². The monoisotopic (exact) mass is 256 g/mol. The molecule has 0 radical (unpaired) electrons. The van der Waals surface area contributed by atoms with Gasteiger partial charge in [-0.25, -0.2) is 4.79 Å². The van der Waals surface area contributed by atoms with Crippen molar-refractivity contribution in [1.29, 1.82) is 0 Å². The summed E-state index contributed by atoms with van der Waals surface area (Å²) >= 11 is 1.28. The second-order valence-electron chi connectivity index (χ2n) is 3.66. The average Bonchev–Trinajstić information content (AvgIpc) is 2.59. The van der Waals surface area contributed by atoms with Gasteiger partial charge in [-0.3, -0.25) is 4.79 Å². The van der Waals surface area contributed by atoms with Gasteiger partial charge in [-0.15, -0.1) is 11.3 Å². The molecule has 0 spiro atoms. The Morgan fingerprint density at radius 2 is 2.12 bits per heavy atom. The first-order chi connectivity index (χ1) is 8.00. The predicted octanol–water partition coefficient (Wildman–Crippen LogP) is 0.980. The lowest BCUT2D eigenvalue weighted by Crippen LogP contribution is -2.29. The van der Waals surface area contributed by atoms with Gasteiger partial charge in [0.2, 0.25) is 5.91 Å². The van der Waals surface area contributed by atoms with E-state index in [2.05, 4.69) is 10.6 Å². The lowest BCUT2D eigenvalue weighted by atomic mass is 10.2. The number of thiophene rings is 1. The summed E-state index contributed by atoms with van der Waals surface area (Å²) in [7, 11) is 0. The zero-order chi connectivity index (χ0) is 12.8. The van der Waals surface area contributed by atoms with Gasteiger partial charge in [0.05, 0.1) is 0 Å². The quantitative estimate of drug-likeness (QED) is 0.663. The number of carbonyl (C=O) groups excluding carboxylic acids is 1. The van der Waals surface area contributed by atoms with E-state index < -0.39 is 5.97 Å². The Kier molecular flexibility index (Phi) is 5.11. The molecule has 0 aromatic carbocycles. The van der Waals surface area contributed by atoms with Crippen LogP contribution in [0, 0.1) is 6.92 Å². The van der Waals surface area contributed by atoms with Crippen molar-refractivity contribution in [3.8, 4) is 0 Å². The van der Waals surface area contributed by atoms with Crippen LogP contribution in [0.25, 0.3) is 0 Å². The molecule has 1 rings (SSSR count). The molecule has 0 atom stereocenters. The number of rotatable bonds is 6. The standard InChI is InChI=1S/C11H16N2O3S/c1-7-9(5-10(17-7)11(15)16)6-12-3-4-13-8(2)14/h5,12H,3-4,6H2,1-2H3,(H,13,14)(H,15,16). The number of aryl methyl sites for hydroxylation is 1. The molecule has 0 saturated heterocycles. The first kappa shape index (κ1) is 13.7. The summed E-state index contributed by atoms with van der Waals surface area (Å²) in [6.45, 7) is 5.24. The lowest BCUT2D eigenvalue weighted by molar-refractivity contribution is -0.118. The maximum Gasteiger partial charge on any atom is 0.345 e. The van der Waals surface area contributed by atoms with E-state index >= 15 is 0 Å². The Morgan fingerprint density at radius 1 is 1.41 bits per heavy atom. The number of hydrogen-bond donors (Lipinski definition) is 3. The third kappa shape index (κ3) is 4.54. The molecule has 1 amide bonds. The van der Waals surface area contributed by atoms with Crippen LogP contribution < -0.4 is 10.6 Å². The van der Waals surface area contributed by atoms with Gasteiger partial charge in [0, 0.05) is 31.4 Å². The van der Waals surface area contributed by atoms with Crippen LogP contribution in [-0.4, -0.2) is 30.1 Å². The third-order valence-corrected chi connectivity index (χ3v) is 3.30. The van der Waals surface area contributed by atoms with Crippen LogP contribution >= 0.6 is 11.3 Å². The molecule has 17 heavy (non-hydrogen) atoms. The molecule has 1 heterocycles. The summed E-state index contributed by atoms with van der Waals surface area (Å²) in [5.74, 6) is -0.936. The lowest BCUT2D eigenvalue weighted by Gasteiger charge is -2.04. The van der Waals surface area contributed by atoms with Crippen molar-refractivity contribution in [2.45, 2.75) is 20.4 Å². The Morgan fingerprint density at radius 3 is 2.65 bits per heavy atom. The maximum atomic E-state index is 10.8. The molecule has 0 aliphatic carbocycles.